The Kier molecular flexibility index (Phi) is 7.40. The minimum absolute atomic E-state index is 0.169. The van der Waals surface area contributed by atoms with E-state index in [2.05, 4.69) is 12.2 Å². The van der Waals surface area contributed by atoms with Gasteiger partial charge in [0, 0.05) is 13.1 Å². The number of carbonyl (C=O) groups excluding carboxylic acids is 2. The van der Waals surface area contributed by atoms with Gasteiger partial charge in [0.15, 0.2) is 0 Å². The monoisotopic (exact) mass is 428 g/mol. The topological polar surface area (TPSA) is 92.8 Å². The first-order chi connectivity index (χ1) is 13.6. The van der Waals surface area contributed by atoms with Gasteiger partial charge in [-0.2, -0.15) is 4.31 Å². The van der Waals surface area contributed by atoms with Gasteiger partial charge in [-0.3, -0.25) is 4.79 Å². The largest absolute Gasteiger partial charge is 0.467 e. The van der Waals surface area contributed by atoms with Gasteiger partial charge in [0.1, 0.15) is 11.4 Å². The molecule has 1 fully saturated rings. The summed E-state index contributed by atoms with van der Waals surface area (Å²) >= 11 is 0. The summed E-state index contributed by atoms with van der Waals surface area (Å²) < 4.78 is 46.0. The maximum absolute atomic E-state index is 14.4. The predicted octanol–water partition coefficient (Wildman–Crippen LogP) is 2.71. The van der Waals surface area contributed by atoms with Crippen LogP contribution in [0.25, 0.3) is 0 Å². The maximum Gasteiger partial charge on any atom is 0.331 e. The van der Waals surface area contributed by atoms with Gasteiger partial charge in [-0.25, -0.2) is 17.6 Å². The summed E-state index contributed by atoms with van der Waals surface area (Å²) in [5.41, 5.74) is -1.65. The van der Waals surface area contributed by atoms with E-state index in [1.54, 1.807) is 13.8 Å². The molecule has 1 aliphatic carbocycles. The molecular formula is C20H29FN2O5S. The van der Waals surface area contributed by atoms with E-state index in [4.69, 9.17) is 4.74 Å². The Labute approximate surface area is 171 Å². The molecule has 1 aliphatic rings. The molecule has 9 heteroatoms. The number of rotatable bonds is 7. The third-order valence-corrected chi connectivity index (χ3v) is 7.63. The summed E-state index contributed by atoms with van der Waals surface area (Å²) in [6, 6.07) is 3.12. The SMILES string of the molecule is CCN(CC)S(=O)(=O)c1ccc(F)c(C(=O)NC2(C(=O)OC)CCC(C)CC2)c1. The van der Waals surface area contributed by atoms with Crippen LogP contribution in [0.15, 0.2) is 23.1 Å². The fourth-order valence-electron chi connectivity index (χ4n) is 3.67. The summed E-state index contributed by atoms with van der Waals surface area (Å²) in [7, 11) is -2.61. The summed E-state index contributed by atoms with van der Waals surface area (Å²) in [6.07, 6.45) is 2.19. The molecule has 0 unspecified atom stereocenters. The molecule has 1 aromatic rings. The molecule has 0 radical (unpaired) electrons. The molecule has 1 aromatic carbocycles. The van der Waals surface area contributed by atoms with Gasteiger partial charge in [-0.05, 0) is 49.8 Å². The quantitative estimate of drug-likeness (QED) is 0.674. The lowest BCUT2D eigenvalue weighted by molar-refractivity contribution is -0.150. The van der Waals surface area contributed by atoms with Crippen LogP contribution in [0, 0.1) is 11.7 Å². The van der Waals surface area contributed by atoms with Crippen molar-refractivity contribution < 1.29 is 27.1 Å². The van der Waals surface area contributed by atoms with Crippen LogP contribution in [0.4, 0.5) is 4.39 Å². The Morgan fingerprint density at radius 2 is 1.83 bits per heavy atom. The number of hydrogen-bond acceptors (Lipinski definition) is 5. The third-order valence-electron chi connectivity index (χ3n) is 5.58. The van der Waals surface area contributed by atoms with Gasteiger partial charge >= 0.3 is 5.97 Å². The molecule has 0 aliphatic heterocycles. The number of methoxy groups -OCH3 is 1. The summed E-state index contributed by atoms with van der Waals surface area (Å²) in [5.74, 6) is -1.86. The van der Waals surface area contributed by atoms with Crippen molar-refractivity contribution in [3.8, 4) is 0 Å². The molecule has 1 N–H and O–H groups in total. The normalized spacial score (nSPS) is 22.3. The molecule has 29 heavy (non-hydrogen) atoms. The van der Waals surface area contributed by atoms with E-state index in [0.717, 1.165) is 18.2 Å². The van der Waals surface area contributed by atoms with Gasteiger partial charge in [0.25, 0.3) is 5.91 Å². The van der Waals surface area contributed by atoms with Gasteiger partial charge in [0.2, 0.25) is 10.0 Å². The van der Waals surface area contributed by atoms with Gasteiger partial charge in [0.05, 0.1) is 17.6 Å². The minimum atomic E-state index is -3.86. The molecule has 2 rings (SSSR count). The highest BCUT2D eigenvalue weighted by molar-refractivity contribution is 7.89. The second kappa shape index (κ2) is 9.21. The van der Waals surface area contributed by atoms with Crippen LogP contribution in [-0.2, 0) is 19.6 Å². The number of nitrogens with zero attached hydrogens (tertiary/aromatic N) is 1. The van der Waals surface area contributed by atoms with E-state index < -0.39 is 38.8 Å². The van der Waals surface area contributed by atoms with Crippen LogP contribution in [0.1, 0.15) is 56.8 Å². The number of halogens is 1. The fraction of sp³-hybridized carbons (Fsp3) is 0.600. The number of hydrogen-bond donors (Lipinski definition) is 1. The molecule has 0 atom stereocenters. The average molecular weight is 429 g/mol. The summed E-state index contributed by atoms with van der Waals surface area (Å²) in [5, 5.41) is 2.63. The molecular weight excluding hydrogens is 399 g/mol. The average Bonchev–Trinajstić information content (AvgIpc) is 2.70. The first kappa shape index (κ1) is 23.3. The third kappa shape index (κ3) is 4.78. The Morgan fingerprint density at radius 3 is 2.34 bits per heavy atom. The molecule has 162 valence electrons. The van der Waals surface area contributed by atoms with Crippen LogP contribution in [0.3, 0.4) is 0 Å². The highest BCUT2D eigenvalue weighted by Gasteiger charge is 2.44. The van der Waals surface area contributed by atoms with E-state index in [9.17, 15) is 22.4 Å². The standard InChI is InChI=1S/C20H29FN2O5S/c1-5-23(6-2)29(26,27)15-7-8-17(21)16(13-15)18(24)22-20(19(25)28-4)11-9-14(3)10-12-20/h7-8,13-14H,5-6,9-12H2,1-4H3,(H,22,24). The Hall–Kier alpha value is -2.00. The Balaban J connectivity index is 2.38. The number of sulfonamides is 1. The molecule has 0 aromatic heterocycles. The van der Waals surface area contributed by atoms with Crippen molar-refractivity contribution in [3.05, 3.63) is 29.6 Å². The zero-order valence-electron chi connectivity index (χ0n) is 17.3. The first-order valence-corrected chi connectivity index (χ1v) is 11.3. The van der Waals surface area contributed by atoms with Gasteiger partial charge < -0.3 is 10.1 Å². The van der Waals surface area contributed by atoms with E-state index in [1.807, 2.05) is 0 Å². The van der Waals surface area contributed by atoms with Gasteiger partial charge in [-0.1, -0.05) is 20.8 Å². The van der Waals surface area contributed by atoms with Crippen molar-refractivity contribution in [1.82, 2.24) is 9.62 Å². The summed E-state index contributed by atoms with van der Waals surface area (Å²) in [6.45, 7) is 5.96. The van der Waals surface area contributed by atoms with E-state index >= 15 is 0 Å². The van der Waals surface area contributed by atoms with Crippen molar-refractivity contribution >= 4 is 21.9 Å². The molecule has 0 bridgehead atoms. The fourth-order valence-corrected chi connectivity index (χ4v) is 5.15. The second-order valence-electron chi connectivity index (χ2n) is 7.44. The lowest BCUT2D eigenvalue weighted by Crippen LogP contribution is -2.56. The molecule has 0 saturated heterocycles. The molecule has 0 heterocycles. The van der Waals surface area contributed by atoms with Crippen LogP contribution in [0.2, 0.25) is 0 Å². The number of amides is 1. The summed E-state index contributed by atoms with van der Waals surface area (Å²) in [4.78, 5) is 25.1. The van der Waals surface area contributed by atoms with Crippen molar-refractivity contribution in [2.24, 2.45) is 5.92 Å². The van der Waals surface area contributed by atoms with E-state index in [0.29, 0.717) is 31.6 Å². The lowest BCUT2D eigenvalue weighted by Gasteiger charge is -2.37. The zero-order chi connectivity index (χ0) is 21.8. The molecule has 7 nitrogen and oxygen atoms in total. The highest BCUT2D eigenvalue weighted by Crippen LogP contribution is 2.33. The zero-order valence-corrected chi connectivity index (χ0v) is 18.1. The smallest absolute Gasteiger partial charge is 0.331 e. The number of nitrogens with one attached hydrogen (secondary N) is 1. The van der Waals surface area contributed by atoms with Crippen molar-refractivity contribution in [3.63, 3.8) is 0 Å². The lowest BCUT2D eigenvalue weighted by atomic mass is 9.77. The van der Waals surface area contributed by atoms with Crippen molar-refractivity contribution in [2.75, 3.05) is 20.2 Å². The van der Waals surface area contributed by atoms with Crippen molar-refractivity contribution in [1.29, 1.82) is 0 Å². The number of carbonyl (C=O) groups is 2. The Bertz CT molecular complexity index is 860. The Morgan fingerprint density at radius 1 is 1.24 bits per heavy atom. The minimum Gasteiger partial charge on any atom is -0.467 e. The predicted molar refractivity (Wildman–Crippen MR) is 106 cm³/mol. The van der Waals surface area contributed by atoms with Crippen molar-refractivity contribution in [2.45, 2.75) is 56.9 Å². The van der Waals surface area contributed by atoms with E-state index in [1.165, 1.54) is 11.4 Å². The highest BCUT2D eigenvalue weighted by atomic mass is 32.2. The van der Waals surface area contributed by atoms with E-state index in [-0.39, 0.29) is 18.0 Å². The number of esters is 1. The number of ether oxygens (including phenoxy) is 1. The number of benzene rings is 1. The van der Waals surface area contributed by atoms with Gasteiger partial charge in [-0.15, -0.1) is 0 Å². The van der Waals surface area contributed by atoms with Crippen LogP contribution >= 0.6 is 0 Å². The molecule has 0 spiro atoms. The van der Waals surface area contributed by atoms with Crippen LogP contribution in [-0.4, -0.2) is 50.3 Å². The molecule has 1 saturated carbocycles. The van der Waals surface area contributed by atoms with Crippen LogP contribution in [0.5, 0.6) is 0 Å². The maximum atomic E-state index is 14.4. The van der Waals surface area contributed by atoms with Crippen LogP contribution < -0.4 is 5.32 Å². The second-order valence-corrected chi connectivity index (χ2v) is 9.38. The first-order valence-electron chi connectivity index (χ1n) is 9.82. The molecule has 1 amide bonds.